The van der Waals surface area contributed by atoms with E-state index < -0.39 is 18.0 Å². The van der Waals surface area contributed by atoms with Gasteiger partial charge in [-0.25, -0.2) is 4.39 Å². The van der Waals surface area contributed by atoms with Gasteiger partial charge < -0.3 is 20.6 Å². The van der Waals surface area contributed by atoms with Crippen molar-refractivity contribution in [3.05, 3.63) is 64.7 Å². The van der Waals surface area contributed by atoms with E-state index in [1.165, 1.54) is 24.3 Å². The van der Waals surface area contributed by atoms with Gasteiger partial charge in [-0.2, -0.15) is 13.2 Å². The first kappa shape index (κ1) is 22.4. The number of hydrogen-bond donors (Lipinski definition) is 4. The molecule has 0 spiro atoms. The van der Waals surface area contributed by atoms with Crippen LogP contribution in [0.2, 0.25) is 0 Å². The first-order valence-electron chi connectivity index (χ1n) is 10.1. The summed E-state index contributed by atoms with van der Waals surface area (Å²) >= 11 is 0. The number of alkyl halides is 3. The first-order valence-corrected chi connectivity index (χ1v) is 10.1. The second-order valence-corrected chi connectivity index (χ2v) is 7.79. The number of hydrogen-bond acceptors (Lipinski definition) is 2. The Morgan fingerprint density at radius 3 is 2.52 bits per heavy atom. The summed E-state index contributed by atoms with van der Waals surface area (Å²) in [5, 5.41) is 5.98. The number of H-pyrrole nitrogens is 2. The molecule has 4 rings (SSSR count). The van der Waals surface area contributed by atoms with E-state index in [2.05, 4.69) is 15.3 Å². The molecule has 2 heterocycles. The molecule has 0 aliphatic heterocycles. The fourth-order valence-electron chi connectivity index (χ4n) is 3.88. The van der Waals surface area contributed by atoms with E-state index in [1.54, 1.807) is 17.4 Å². The van der Waals surface area contributed by atoms with Gasteiger partial charge in [0.1, 0.15) is 11.5 Å². The van der Waals surface area contributed by atoms with Crippen LogP contribution in [0, 0.1) is 19.7 Å². The fraction of sp³-hybridized carbons (Fsp3) is 0.217. The quantitative estimate of drug-likeness (QED) is 0.320. The number of aromatic nitrogens is 2. The molecule has 4 N–H and O–H groups in total. The van der Waals surface area contributed by atoms with Crippen LogP contribution in [0.15, 0.2) is 36.4 Å². The molecule has 2 aromatic carbocycles. The molecule has 0 atom stereocenters. The number of aromatic amines is 2. The van der Waals surface area contributed by atoms with Crippen LogP contribution in [0.5, 0.6) is 0 Å². The number of carbonyl (C=O) groups excluding carboxylic acids is 2. The lowest BCUT2D eigenvalue weighted by atomic mass is 10.0. The third kappa shape index (κ3) is 4.41. The highest BCUT2D eigenvalue weighted by atomic mass is 19.4. The monoisotopic (exact) mass is 460 g/mol. The van der Waals surface area contributed by atoms with Gasteiger partial charge in [0.05, 0.1) is 5.52 Å². The van der Waals surface area contributed by atoms with Gasteiger partial charge in [0, 0.05) is 34.2 Å². The summed E-state index contributed by atoms with van der Waals surface area (Å²) in [5.74, 6) is -2.81. The Morgan fingerprint density at radius 2 is 1.79 bits per heavy atom. The summed E-state index contributed by atoms with van der Waals surface area (Å²) in [7, 11) is 0. The molecule has 0 unspecified atom stereocenters. The Hall–Kier alpha value is -3.82. The van der Waals surface area contributed by atoms with Crippen LogP contribution >= 0.6 is 0 Å². The molecule has 0 saturated heterocycles. The lowest BCUT2D eigenvalue weighted by Gasteiger charge is -2.07. The highest BCUT2D eigenvalue weighted by Gasteiger charge is 2.38. The average molecular weight is 460 g/mol. The van der Waals surface area contributed by atoms with Gasteiger partial charge in [-0.1, -0.05) is 12.1 Å². The number of benzene rings is 2. The van der Waals surface area contributed by atoms with E-state index in [0.29, 0.717) is 29.4 Å². The van der Waals surface area contributed by atoms with Gasteiger partial charge in [-0.05, 0) is 55.7 Å². The van der Waals surface area contributed by atoms with Gasteiger partial charge in [-0.15, -0.1) is 0 Å². The third-order valence-corrected chi connectivity index (χ3v) is 5.47. The normalized spacial score (nSPS) is 11.8. The predicted octanol–water partition coefficient (Wildman–Crippen LogP) is 4.88. The lowest BCUT2D eigenvalue weighted by molar-refractivity contribution is -0.167. The van der Waals surface area contributed by atoms with Crippen molar-refractivity contribution >= 4 is 39.3 Å². The highest BCUT2D eigenvalue weighted by molar-refractivity contribution is 6.00. The molecule has 4 aromatic rings. The van der Waals surface area contributed by atoms with Crippen LogP contribution in [0.4, 0.5) is 23.2 Å². The zero-order chi connectivity index (χ0) is 23.9. The summed E-state index contributed by atoms with van der Waals surface area (Å²) in [6.07, 6.45) is -4.51. The van der Waals surface area contributed by atoms with Crippen LogP contribution < -0.4 is 10.6 Å². The van der Waals surface area contributed by atoms with Crippen molar-refractivity contribution < 1.29 is 27.2 Å². The fourth-order valence-corrected chi connectivity index (χ4v) is 3.88. The number of nitrogens with one attached hydrogen (secondary N) is 4. The van der Waals surface area contributed by atoms with E-state index in [4.69, 9.17) is 0 Å². The molecule has 0 aliphatic rings. The van der Waals surface area contributed by atoms with Gasteiger partial charge in [0.15, 0.2) is 0 Å². The van der Waals surface area contributed by atoms with Gasteiger partial charge in [0.25, 0.3) is 5.91 Å². The standard InChI is InChI=1S/C23H20F4N4O2/c1-11-3-6-16(24)20-19(11)15(12(2)29-20)7-8-28-21(32)18-9-13-4-5-14(10-17(13)31-18)30-22(33)23(25,26)27/h3-6,9-10,29,31H,7-8H2,1-2H3,(H,28,32)(H,30,33). The van der Waals surface area contributed by atoms with Crippen LogP contribution in [-0.2, 0) is 11.2 Å². The summed E-state index contributed by atoms with van der Waals surface area (Å²) < 4.78 is 51.4. The SMILES string of the molecule is Cc1[nH]c2c(F)ccc(C)c2c1CCNC(=O)c1cc2ccc(NC(=O)C(F)(F)F)cc2[nH]1. The molecular weight excluding hydrogens is 440 g/mol. The topological polar surface area (TPSA) is 89.8 Å². The maximum Gasteiger partial charge on any atom is 0.471 e. The van der Waals surface area contributed by atoms with Crippen molar-refractivity contribution in [1.29, 1.82) is 0 Å². The lowest BCUT2D eigenvalue weighted by Crippen LogP contribution is -2.29. The Kier molecular flexibility index (Phi) is 5.61. The number of amides is 2. The molecule has 0 fully saturated rings. The summed E-state index contributed by atoms with van der Waals surface area (Å²) in [6, 6.07) is 8.83. The summed E-state index contributed by atoms with van der Waals surface area (Å²) in [4.78, 5) is 29.6. The minimum atomic E-state index is -5.00. The maximum absolute atomic E-state index is 14.1. The van der Waals surface area contributed by atoms with Crippen molar-refractivity contribution in [3.63, 3.8) is 0 Å². The number of aryl methyl sites for hydroxylation is 2. The summed E-state index contributed by atoms with van der Waals surface area (Å²) in [6.45, 7) is 4.04. The summed E-state index contributed by atoms with van der Waals surface area (Å²) in [5.41, 5.74) is 3.70. The van der Waals surface area contributed by atoms with Gasteiger partial charge in [-0.3, -0.25) is 9.59 Å². The molecule has 0 saturated carbocycles. The number of carbonyl (C=O) groups is 2. The Balaban J connectivity index is 1.45. The third-order valence-electron chi connectivity index (χ3n) is 5.47. The smallest absolute Gasteiger partial charge is 0.356 e. The van der Waals surface area contributed by atoms with Crippen molar-refractivity contribution in [3.8, 4) is 0 Å². The maximum atomic E-state index is 14.1. The number of anilines is 1. The second kappa shape index (κ2) is 8.27. The van der Waals surface area contributed by atoms with Crippen molar-refractivity contribution in [2.75, 3.05) is 11.9 Å². The molecular formula is C23H20F4N4O2. The average Bonchev–Trinajstić information content (AvgIpc) is 3.31. The molecule has 0 radical (unpaired) electrons. The largest absolute Gasteiger partial charge is 0.471 e. The molecule has 0 bridgehead atoms. The Bertz CT molecular complexity index is 1380. The minimum Gasteiger partial charge on any atom is -0.356 e. The zero-order valence-electron chi connectivity index (χ0n) is 17.7. The molecule has 172 valence electrons. The highest BCUT2D eigenvalue weighted by Crippen LogP contribution is 2.28. The molecule has 2 amide bonds. The van der Waals surface area contributed by atoms with E-state index >= 15 is 0 Å². The number of halogens is 4. The number of rotatable bonds is 5. The molecule has 2 aromatic heterocycles. The van der Waals surface area contributed by atoms with E-state index in [0.717, 1.165) is 22.2 Å². The van der Waals surface area contributed by atoms with Crippen molar-refractivity contribution in [2.45, 2.75) is 26.4 Å². The van der Waals surface area contributed by atoms with Crippen LogP contribution in [0.25, 0.3) is 21.8 Å². The molecule has 33 heavy (non-hydrogen) atoms. The van der Waals surface area contributed by atoms with Crippen LogP contribution in [0.3, 0.4) is 0 Å². The first-order chi connectivity index (χ1) is 15.5. The van der Waals surface area contributed by atoms with E-state index in [-0.39, 0.29) is 17.2 Å². The van der Waals surface area contributed by atoms with Gasteiger partial charge >= 0.3 is 12.1 Å². The van der Waals surface area contributed by atoms with Crippen LogP contribution in [0.1, 0.15) is 27.3 Å². The van der Waals surface area contributed by atoms with Crippen molar-refractivity contribution in [2.24, 2.45) is 0 Å². The minimum absolute atomic E-state index is 0.0453. The van der Waals surface area contributed by atoms with Gasteiger partial charge in [0.2, 0.25) is 0 Å². The van der Waals surface area contributed by atoms with E-state index in [1.807, 2.05) is 13.8 Å². The molecule has 10 heteroatoms. The number of fused-ring (bicyclic) bond motifs is 2. The van der Waals surface area contributed by atoms with Crippen LogP contribution in [-0.4, -0.2) is 34.5 Å². The Labute approximate surface area is 185 Å². The zero-order valence-corrected chi connectivity index (χ0v) is 17.7. The Morgan fingerprint density at radius 1 is 1.03 bits per heavy atom. The molecule has 6 nitrogen and oxygen atoms in total. The predicted molar refractivity (Wildman–Crippen MR) is 117 cm³/mol. The van der Waals surface area contributed by atoms with E-state index in [9.17, 15) is 27.2 Å². The molecule has 0 aliphatic carbocycles. The van der Waals surface area contributed by atoms with Crippen molar-refractivity contribution in [1.82, 2.24) is 15.3 Å². The second-order valence-electron chi connectivity index (χ2n) is 7.79.